The molecule has 0 fully saturated rings. The van der Waals surface area contributed by atoms with Crippen LogP contribution >= 0.6 is 11.6 Å². The van der Waals surface area contributed by atoms with Crippen LogP contribution in [0.2, 0.25) is 5.02 Å². The molecule has 0 spiro atoms. The molecule has 0 aliphatic carbocycles. The first kappa shape index (κ1) is 17.7. The van der Waals surface area contributed by atoms with Gasteiger partial charge in [-0.1, -0.05) is 41.9 Å². The van der Waals surface area contributed by atoms with Gasteiger partial charge in [-0.3, -0.25) is 9.78 Å². The molecule has 0 bridgehead atoms. The van der Waals surface area contributed by atoms with E-state index >= 15 is 0 Å². The number of rotatable bonds is 4. The smallest absolute Gasteiger partial charge is 0.255 e. The van der Waals surface area contributed by atoms with Crippen LogP contribution in [0.25, 0.3) is 0 Å². The standard InChI is InChI=1S/C20H20ClN5O/c1-14-12-25(20(27)16-9-17(21)11-22-10-16)13-19-24-23-18(26(14)19)8-7-15-5-3-2-4-6-15/h2-6,9-11,14H,7-8,12-13H2,1H3/t14-/m0/s1. The molecular formula is C20H20ClN5O. The van der Waals surface area contributed by atoms with Crippen LogP contribution in [0.5, 0.6) is 0 Å². The van der Waals surface area contributed by atoms with Crippen molar-refractivity contribution in [3.05, 3.63) is 76.6 Å². The topological polar surface area (TPSA) is 63.9 Å². The first-order valence-electron chi connectivity index (χ1n) is 8.98. The average molecular weight is 382 g/mol. The third-order valence-electron chi connectivity index (χ3n) is 4.81. The van der Waals surface area contributed by atoms with Gasteiger partial charge in [0.1, 0.15) is 5.82 Å². The van der Waals surface area contributed by atoms with E-state index in [4.69, 9.17) is 11.6 Å². The lowest BCUT2D eigenvalue weighted by Crippen LogP contribution is -2.40. The minimum Gasteiger partial charge on any atom is -0.329 e. The fourth-order valence-electron chi connectivity index (χ4n) is 3.55. The van der Waals surface area contributed by atoms with Gasteiger partial charge in [0.15, 0.2) is 5.82 Å². The normalized spacial score (nSPS) is 16.2. The number of pyridine rings is 1. The molecule has 1 aliphatic heterocycles. The number of hydrogen-bond acceptors (Lipinski definition) is 4. The molecule has 6 nitrogen and oxygen atoms in total. The van der Waals surface area contributed by atoms with E-state index in [9.17, 15) is 4.79 Å². The summed E-state index contributed by atoms with van der Waals surface area (Å²) >= 11 is 5.97. The molecule has 1 aliphatic rings. The predicted molar refractivity (Wildman–Crippen MR) is 103 cm³/mol. The number of hydrogen-bond donors (Lipinski definition) is 0. The maximum atomic E-state index is 12.8. The lowest BCUT2D eigenvalue weighted by Gasteiger charge is -2.32. The molecule has 7 heteroatoms. The van der Waals surface area contributed by atoms with E-state index in [-0.39, 0.29) is 11.9 Å². The van der Waals surface area contributed by atoms with Crippen molar-refractivity contribution in [2.24, 2.45) is 0 Å². The molecule has 2 aromatic heterocycles. The van der Waals surface area contributed by atoms with Crippen molar-refractivity contribution in [3.8, 4) is 0 Å². The molecule has 27 heavy (non-hydrogen) atoms. The molecule has 3 heterocycles. The van der Waals surface area contributed by atoms with E-state index in [0.29, 0.717) is 23.7 Å². The molecule has 1 amide bonds. The van der Waals surface area contributed by atoms with Gasteiger partial charge in [0, 0.05) is 25.4 Å². The lowest BCUT2D eigenvalue weighted by atomic mass is 10.1. The summed E-state index contributed by atoms with van der Waals surface area (Å²) in [7, 11) is 0. The average Bonchev–Trinajstić information content (AvgIpc) is 3.10. The molecule has 0 unspecified atom stereocenters. The number of amides is 1. The zero-order chi connectivity index (χ0) is 18.8. The lowest BCUT2D eigenvalue weighted by molar-refractivity contribution is 0.0679. The minimum atomic E-state index is -0.0862. The molecule has 1 aromatic carbocycles. The highest BCUT2D eigenvalue weighted by Gasteiger charge is 2.29. The third kappa shape index (κ3) is 3.71. The summed E-state index contributed by atoms with van der Waals surface area (Å²) in [5.41, 5.74) is 1.77. The number of aryl methyl sites for hydroxylation is 2. The highest BCUT2D eigenvalue weighted by atomic mass is 35.5. The van der Waals surface area contributed by atoms with Crippen LogP contribution in [-0.4, -0.2) is 37.1 Å². The van der Waals surface area contributed by atoms with E-state index in [1.54, 1.807) is 17.2 Å². The van der Waals surface area contributed by atoms with Gasteiger partial charge in [-0.15, -0.1) is 10.2 Å². The molecular weight excluding hydrogens is 362 g/mol. The van der Waals surface area contributed by atoms with Crippen molar-refractivity contribution in [3.63, 3.8) is 0 Å². The fourth-order valence-corrected chi connectivity index (χ4v) is 3.72. The maximum absolute atomic E-state index is 12.8. The van der Waals surface area contributed by atoms with Crippen LogP contribution in [-0.2, 0) is 19.4 Å². The van der Waals surface area contributed by atoms with Gasteiger partial charge < -0.3 is 9.47 Å². The highest BCUT2D eigenvalue weighted by molar-refractivity contribution is 6.30. The van der Waals surface area contributed by atoms with E-state index < -0.39 is 0 Å². The molecule has 0 radical (unpaired) electrons. The van der Waals surface area contributed by atoms with E-state index in [0.717, 1.165) is 24.5 Å². The first-order valence-corrected chi connectivity index (χ1v) is 9.36. The monoisotopic (exact) mass is 381 g/mol. The summed E-state index contributed by atoms with van der Waals surface area (Å²) in [5.74, 6) is 1.70. The molecule has 3 aromatic rings. The van der Waals surface area contributed by atoms with Gasteiger partial charge in [0.05, 0.1) is 23.2 Å². The van der Waals surface area contributed by atoms with Gasteiger partial charge in [0.2, 0.25) is 0 Å². The van der Waals surface area contributed by atoms with Crippen molar-refractivity contribution in [2.45, 2.75) is 32.4 Å². The number of halogens is 1. The second-order valence-electron chi connectivity index (χ2n) is 6.81. The van der Waals surface area contributed by atoms with Gasteiger partial charge in [-0.25, -0.2) is 0 Å². The number of carbonyl (C=O) groups is 1. The molecule has 1 atom stereocenters. The Morgan fingerprint density at radius 1 is 1.19 bits per heavy atom. The van der Waals surface area contributed by atoms with Crippen molar-refractivity contribution >= 4 is 17.5 Å². The van der Waals surface area contributed by atoms with Crippen LogP contribution in [0.15, 0.2) is 48.8 Å². The summed E-state index contributed by atoms with van der Waals surface area (Å²) in [6.45, 7) is 3.14. The van der Waals surface area contributed by atoms with Gasteiger partial charge in [0.25, 0.3) is 5.91 Å². The summed E-state index contributed by atoms with van der Waals surface area (Å²) in [5, 5.41) is 9.18. The number of carbonyl (C=O) groups excluding carboxylic acids is 1. The predicted octanol–water partition coefficient (Wildman–Crippen LogP) is 3.33. The van der Waals surface area contributed by atoms with Crippen LogP contribution in [0, 0.1) is 0 Å². The van der Waals surface area contributed by atoms with Crippen molar-refractivity contribution in [1.29, 1.82) is 0 Å². The summed E-state index contributed by atoms with van der Waals surface area (Å²) in [4.78, 5) is 18.6. The van der Waals surface area contributed by atoms with Crippen molar-refractivity contribution in [1.82, 2.24) is 24.6 Å². The number of aromatic nitrogens is 4. The zero-order valence-electron chi connectivity index (χ0n) is 15.0. The second-order valence-corrected chi connectivity index (χ2v) is 7.25. The maximum Gasteiger partial charge on any atom is 0.255 e. The minimum absolute atomic E-state index is 0.0862. The SMILES string of the molecule is C[C@H]1CN(C(=O)c2cncc(Cl)c2)Cc2nnc(CCc3ccccc3)n21. The summed E-state index contributed by atoms with van der Waals surface area (Å²) < 4.78 is 2.17. The van der Waals surface area contributed by atoms with Crippen molar-refractivity contribution < 1.29 is 4.79 Å². The van der Waals surface area contributed by atoms with Crippen LogP contribution in [0.3, 0.4) is 0 Å². The molecule has 0 saturated heterocycles. The third-order valence-corrected chi connectivity index (χ3v) is 5.02. The molecule has 0 N–H and O–H groups in total. The Labute approximate surface area is 162 Å². The van der Waals surface area contributed by atoms with Gasteiger partial charge >= 0.3 is 0 Å². The van der Waals surface area contributed by atoms with Crippen LogP contribution in [0.4, 0.5) is 0 Å². The quantitative estimate of drug-likeness (QED) is 0.695. The second kappa shape index (κ2) is 7.48. The Morgan fingerprint density at radius 3 is 2.78 bits per heavy atom. The summed E-state index contributed by atoms with van der Waals surface area (Å²) in [6.07, 6.45) is 4.81. The number of fused-ring (bicyclic) bond motifs is 1. The van der Waals surface area contributed by atoms with Crippen LogP contribution in [0.1, 0.15) is 40.5 Å². The van der Waals surface area contributed by atoms with Gasteiger partial charge in [-0.05, 0) is 25.0 Å². The highest BCUT2D eigenvalue weighted by Crippen LogP contribution is 2.24. The molecule has 0 saturated carbocycles. The van der Waals surface area contributed by atoms with E-state index in [1.807, 2.05) is 18.2 Å². The first-order chi connectivity index (χ1) is 13.1. The Balaban J connectivity index is 1.50. The van der Waals surface area contributed by atoms with Crippen molar-refractivity contribution in [2.75, 3.05) is 6.54 Å². The number of benzene rings is 1. The van der Waals surface area contributed by atoms with E-state index in [1.165, 1.54) is 11.8 Å². The Morgan fingerprint density at radius 2 is 2.00 bits per heavy atom. The molecule has 138 valence electrons. The van der Waals surface area contributed by atoms with E-state index in [2.05, 4.69) is 38.8 Å². The Hall–Kier alpha value is -2.73. The number of nitrogens with zero attached hydrogens (tertiary/aromatic N) is 5. The Bertz CT molecular complexity index is 956. The van der Waals surface area contributed by atoms with Gasteiger partial charge in [-0.2, -0.15) is 0 Å². The van der Waals surface area contributed by atoms with Crippen LogP contribution < -0.4 is 0 Å². The molecule has 4 rings (SSSR count). The largest absolute Gasteiger partial charge is 0.329 e. The Kier molecular flexibility index (Phi) is 4.90. The summed E-state index contributed by atoms with van der Waals surface area (Å²) in [6, 6.07) is 12.1. The fraction of sp³-hybridized carbons (Fsp3) is 0.300. The zero-order valence-corrected chi connectivity index (χ0v) is 15.8.